The third kappa shape index (κ3) is 13.5. The molecule has 2 aromatic carbocycles. The molecule has 4 rings (SSSR count). The standard InChI is InChI=1S/C20H28FN5O4S.C13H16FNO.C7H12N4O3S/c1-11(2)14-8-13(21)9-15(12(3)4)18(14)22-20(28)24-31(29,30)17-10-16(26(7)23-17)19(27)25(5)6;1-8(2)11-5-10(14)6-12(9(3)4)13(11)16-7-15;1-10(2)7(12)5-4-6(9-11(5)3)15(8,13)14/h8-12H,1-7H3,(H2,22,24,28);5-6,8-9H,1-4H3;4H,1-3H3,(H2,8,13,14). The van der Waals surface area contributed by atoms with E-state index in [2.05, 4.69) is 15.5 Å². The Balaban J connectivity index is 0.000000357. The molecule has 340 valence electrons. The second-order valence-corrected chi connectivity index (χ2v) is 18.8. The molecule has 18 nitrogen and oxygen atoms in total. The van der Waals surface area contributed by atoms with Crippen LogP contribution in [0.25, 0.3) is 0 Å². The molecule has 0 aliphatic heterocycles. The first kappa shape index (κ1) is 52.2. The highest BCUT2D eigenvalue weighted by molar-refractivity contribution is 7.90. The third-order valence-electron chi connectivity index (χ3n) is 8.91. The van der Waals surface area contributed by atoms with Crippen LogP contribution in [0, 0.1) is 23.2 Å². The molecule has 0 aliphatic rings. The average molecular weight is 907 g/mol. The summed E-state index contributed by atoms with van der Waals surface area (Å²) >= 11 is 0. The average Bonchev–Trinajstić information content (AvgIpc) is 3.75. The first-order chi connectivity index (χ1) is 28.4. The first-order valence-electron chi connectivity index (χ1n) is 19.0. The highest BCUT2D eigenvalue weighted by Crippen LogP contribution is 2.36. The molecule has 4 aromatic rings. The largest absolute Gasteiger partial charge is 0.387 e. The Bertz CT molecular complexity index is 2480. The molecular weight excluding hydrogens is 851 g/mol. The topological polar surface area (TPSA) is 245 Å². The minimum absolute atomic E-state index is 0.0495. The van der Waals surface area contributed by atoms with Gasteiger partial charge < -0.3 is 19.9 Å². The number of carbonyl (C=O) groups is 3. The lowest BCUT2D eigenvalue weighted by Gasteiger charge is -2.20. The summed E-state index contributed by atoms with van der Waals surface area (Å²) in [6.45, 7) is 15.2. The van der Waals surface area contributed by atoms with E-state index in [9.17, 15) is 40.0 Å². The number of aryl methyl sites for hydroxylation is 2. The van der Waals surface area contributed by atoms with Crippen molar-refractivity contribution in [2.24, 2.45) is 19.2 Å². The van der Waals surface area contributed by atoms with Crippen LogP contribution in [-0.2, 0) is 34.1 Å². The molecule has 0 spiro atoms. The third-order valence-corrected chi connectivity index (χ3v) is 10.9. The molecule has 62 heavy (non-hydrogen) atoms. The molecule has 0 aliphatic carbocycles. The number of aromatic nitrogens is 4. The van der Waals surface area contributed by atoms with Crippen LogP contribution in [-0.4, -0.2) is 92.2 Å². The fourth-order valence-electron chi connectivity index (χ4n) is 5.69. The number of nitriles is 1. The Morgan fingerprint density at radius 2 is 1.05 bits per heavy atom. The van der Waals surface area contributed by atoms with E-state index in [0.717, 1.165) is 27.9 Å². The number of anilines is 1. The summed E-state index contributed by atoms with van der Waals surface area (Å²) in [6, 6.07) is 6.73. The van der Waals surface area contributed by atoms with Gasteiger partial charge in [0.05, 0.1) is 0 Å². The number of primary sulfonamides is 1. The number of nitrogens with two attached hydrogens (primary N) is 1. The predicted octanol–water partition coefficient (Wildman–Crippen LogP) is 5.72. The SMILES string of the molecule is CC(C)c1cc(F)cc(C(C)C)c1NC(=O)NS(=O)(=O)c1cc(C(=O)N(C)C)n(C)n1.CC(C)c1cc(F)cc(C(C)C)c1OC#N.CN(C)C(=O)c1cc(S(N)(=O)=O)nn1C. The van der Waals surface area contributed by atoms with Crippen LogP contribution in [0.4, 0.5) is 19.3 Å². The second-order valence-electron chi connectivity index (χ2n) is 15.7. The van der Waals surface area contributed by atoms with Crippen LogP contribution >= 0.6 is 0 Å². The Hall–Kier alpha value is -5.92. The van der Waals surface area contributed by atoms with Gasteiger partial charge in [-0.15, -0.1) is 5.26 Å². The van der Waals surface area contributed by atoms with Gasteiger partial charge >= 0.3 is 6.03 Å². The summed E-state index contributed by atoms with van der Waals surface area (Å²) in [5, 5.41) is 22.8. The van der Waals surface area contributed by atoms with Gasteiger partial charge in [-0.3, -0.25) is 19.0 Å². The normalized spacial score (nSPS) is 11.4. The van der Waals surface area contributed by atoms with Crippen LogP contribution in [0.3, 0.4) is 0 Å². The van der Waals surface area contributed by atoms with E-state index in [0.29, 0.717) is 22.6 Å². The zero-order valence-electron chi connectivity index (χ0n) is 37.3. The second kappa shape index (κ2) is 21.2. The zero-order chi connectivity index (χ0) is 47.8. The van der Waals surface area contributed by atoms with E-state index in [4.69, 9.17) is 15.1 Å². The number of hydrogen-bond donors (Lipinski definition) is 3. The summed E-state index contributed by atoms with van der Waals surface area (Å²) in [6.07, 6.45) is 1.67. The number of urea groups is 1. The molecule has 0 saturated carbocycles. The molecule has 0 fully saturated rings. The Morgan fingerprint density at radius 1 is 0.694 bits per heavy atom. The van der Waals surface area contributed by atoms with Gasteiger partial charge in [0, 0.05) is 71.2 Å². The Labute approximate surface area is 362 Å². The van der Waals surface area contributed by atoms with Crippen molar-refractivity contribution in [2.45, 2.75) is 89.1 Å². The summed E-state index contributed by atoms with van der Waals surface area (Å²) in [7, 11) is 0.858. The number of amides is 4. The van der Waals surface area contributed by atoms with Gasteiger partial charge in [-0.1, -0.05) is 55.4 Å². The number of ether oxygens (including phenoxy) is 1. The fourth-order valence-corrected chi connectivity index (χ4v) is 7.10. The highest BCUT2D eigenvalue weighted by Gasteiger charge is 2.27. The van der Waals surface area contributed by atoms with Crippen LogP contribution in [0.15, 0.2) is 46.5 Å². The molecule has 0 unspecified atom stereocenters. The molecule has 2 heterocycles. The van der Waals surface area contributed by atoms with E-state index >= 15 is 0 Å². The minimum Gasteiger partial charge on any atom is -0.387 e. The van der Waals surface area contributed by atoms with Crippen LogP contribution in [0.1, 0.15) is 122 Å². The van der Waals surface area contributed by atoms with Gasteiger partial charge in [-0.05, 0) is 59.1 Å². The number of hydrogen-bond acceptors (Lipinski definition) is 11. The summed E-state index contributed by atoms with van der Waals surface area (Å²) < 4.78 is 83.9. The number of nitrogens with one attached hydrogen (secondary N) is 2. The van der Waals surface area contributed by atoms with Gasteiger partial charge in [0.2, 0.25) is 0 Å². The maximum Gasteiger partial charge on any atom is 0.333 e. The lowest BCUT2D eigenvalue weighted by molar-refractivity contribution is 0.0809. The summed E-state index contributed by atoms with van der Waals surface area (Å²) in [4.78, 5) is 38.8. The molecule has 0 bridgehead atoms. The number of nitrogens with zero attached hydrogens (tertiary/aromatic N) is 7. The van der Waals surface area contributed by atoms with Crippen LogP contribution < -0.4 is 19.9 Å². The van der Waals surface area contributed by atoms with Crippen molar-refractivity contribution < 1.29 is 44.7 Å². The van der Waals surface area contributed by atoms with E-state index < -0.39 is 42.8 Å². The Kier molecular flexibility index (Phi) is 17.9. The van der Waals surface area contributed by atoms with Gasteiger partial charge in [0.1, 0.15) is 28.8 Å². The van der Waals surface area contributed by atoms with E-state index in [1.54, 1.807) is 20.4 Å². The van der Waals surface area contributed by atoms with Gasteiger partial charge in [-0.2, -0.15) is 18.6 Å². The molecular formula is C40H56F2N10O8S2. The molecule has 0 radical (unpaired) electrons. The molecule has 0 saturated heterocycles. The maximum absolute atomic E-state index is 14.1. The molecule has 4 N–H and O–H groups in total. The van der Waals surface area contributed by atoms with E-state index in [-0.39, 0.29) is 51.8 Å². The van der Waals surface area contributed by atoms with Crippen molar-refractivity contribution in [3.05, 3.63) is 81.7 Å². The van der Waals surface area contributed by atoms with Gasteiger partial charge in [-0.25, -0.2) is 31.9 Å². The van der Waals surface area contributed by atoms with Crippen molar-refractivity contribution in [3.8, 4) is 12.0 Å². The van der Waals surface area contributed by atoms with E-state index in [1.165, 1.54) is 66.9 Å². The van der Waals surface area contributed by atoms with Gasteiger partial charge in [0.25, 0.3) is 38.1 Å². The molecule has 0 atom stereocenters. The number of halogens is 2. The molecule has 2 aromatic heterocycles. The number of rotatable bonds is 11. The highest BCUT2D eigenvalue weighted by atomic mass is 32.2. The predicted molar refractivity (Wildman–Crippen MR) is 229 cm³/mol. The van der Waals surface area contributed by atoms with Crippen molar-refractivity contribution >= 4 is 43.6 Å². The van der Waals surface area contributed by atoms with Crippen LogP contribution in [0.2, 0.25) is 0 Å². The zero-order valence-corrected chi connectivity index (χ0v) is 39.0. The monoisotopic (exact) mass is 906 g/mol. The lowest BCUT2D eigenvalue weighted by atomic mass is 9.92. The number of benzene rings is 2. The van der Waals surface area contributed by atoms with Crippen molar-refractivity contribution in [2.75, 3.05) is 33.5 Å². The number of carbonyl (C=O) groups excluding carboxylic acids is 3. The molecule has 22 heteroatoms. The van der Waals surface area contributed by atoms with Gasteiger partial charge in [0.15, 0.2) is 10.1 Å². The summed E-state index contributed by atoms with van der Waals surface area (Å²) in [5.74, 6) is -0.960. The Morgan fingerprint density at radius 3 is 1.37 bits per heavy atom. The van der Waals surface area contributed by atoms with Crippen molar-refractivity contribution in [3.63, 3.8) is 0 Å². The first-order valence-corrected chi connectivity index (χ1v) is 22.1. The number of sulfonamides is 2. The van der Waals surface area contributed by atoms with Crippen molar-refractivity contribution in [1.29, 1.82) is 5.26 Å². The lowest BCUT2D eigenvalue weighted by Crippen LogP contribution is -2.35. The van der Waals surface area contributed by atoms with Crippen molar-refractivity contribution in [1.82, 2.24) is 34.1 Å². The summed E-state index contributed by atoms with van der Waals surface area (Å²) in [5.41, 5.74) is 3.16. The fraction of sp³-hybridized carbons (Fsp3) is 0.450. The quantitative estimate of drug-likeness (QED) is 0.154. The smallest absolute Gasteiger partial charge is 0.333 e. The van der Waals surface area contributed by atoms with E-state index in [1.807, 2.05) is 60.1 Å². The molecule has 4 amide bonds. The minimum atomic E-state index is -4.35. The van der Waals surface area contributed by atoms with Crippen LogP contribution in [0.5, 0.6) is 5.75 Å². The maximum atomic E-state index is 14.1.